The molecule has 0 amide bonds. The van der Waals surface area contributed by atoms with Crippen LogP contribution in [0.5, 0.6) is 0 Å². The van der Waals surface area contributed by atoms with E-state index < -0.39 is 0 Å². The first-order valence-electron chi connectivity index (χ1n) is 4.21. The highest BCUT2D eigenvalue weighted by atomic mass is 14.8. The zero-order valence-electron chi connectivity index (χ0n) is 8.04. The third kappa shape index (κ3) is 2.44. The molecule has 0 spiro atoms. The van der Waals surface area contributed by atoms with Gasteiger partial charge in [-0.3, -0.25) is 4.99 Å². The molecule has 0 saturated carbocycles. The van der Waals surface area contributed by atoms with Crippen molar-refractivity contribution in [2.45, 2.75) is 6.92 Å². The van der Waals surface area contributed by atoms with Gasteiger partial charge in [-0.1, -0.05) is 18.7 Å². The van der Waals surface area contributed by atoms with Crippen molar-refractivity contribution < 1.29 is 0 Å². The van der Waals surface area contributed by atoms with Gasteiger partial charge in [-0.25, -0.2) is 0 Å². The van der Waals surface area contributed by atoms with E-state index in [0.29, 0.717) is 0 Å². The molecule has 0 aliphatic carbocycles. The zero-order chi connectivity index (χ0) is 9.68. The highest BCUT2D eigenvalue weighted by Gasteiger charge is 1.95. The Kier molecular flexibility index (Phi) is 3.26. The fraction of sp³-hybridized carbons (Fsp3) is 0.182. The van der Waals surface area contributed by atoms with E-state index in [1.54, 1.807) is 12.3 Å². The molecule has 0 fully saturated rings. The Morgan fingerprint density at radius 3 is 2.85 bits per heavy atom. The van der Waals surface area contributed by atoms with Crippen LogP contribution >= 0.6 is 0 Å². The van der Waals surface area contributed by atoms with Crippen LogP contribution in [0.3, 0.4) is 0 Å². The molecule has 1 aromatic rings. The smallest absolute Gasteiger partial charge is 0.0679 e. The van der Waals surface area contributed by atoms with Crippen molar-refractivity contribution in [3.8, 4) is 0 Å². The molecule has 2 heteroatoms. The summed E-state index contributed by atoms with van der Waals surface area (Å²) in [4.78, 5) is 4.25. The predicted octanol–water partition coefficient (Wildman–Crippen LogP) is 2.93. The molecule has 68 valence electrons. The first-order valence-corrected chi connectivity index (χ1v) is 4.21. The molecule has 0 unspecified atom stereocenters. The van der Waals surface area contributed by atoms with Gasteiger partial charge in [-0.15, -0.1) is 0 Å². The molecule has 0 radical (unpaired) electrons. The molecule has 2 nitrogen and oxygen atoms in total. The minimum absolute atomic E-state index is 0.978. The van der Waals surface area contributed by atoms with Crippen LogP contribution in [0, 0.1) is 6.92 Å². The molecule has 0 saturated heterocycles. The monoisotopic (exact) mass is 174 g/mol. The third-order valence-electron chi connectivity index (χ3n) is 1.82. The number of nitrogens with one attached hydrogen (secondary N) is 1. The van der Waals surface area contributed by atoms with Crippen molar-refractivity contribution in [1.29, 1.82) is 0 Å². The van der Waals surface area contributed by atoms with Gasteiger partial charge < -0.3 is 5.32 Å². The summed E-state index contributed by atoms with van der Waals surface area (Å²) in [6, 6.07) is 6.08. The van der Waals surface area contributed by atoms with Crippen LogP contribution in [-0.4, -0.2) is 13.3 Å². The Hall–Kier alpha value is -1.57. The molecular formula is C11H14N2. The van der Waals surface area contributed by atoms with Crippen molar-refractivity contribution in [2.24, 2.45) is 4.99 Å². The highest BCUT2D eigenvalue weighted by molar-refractivity contribution is 5.75. The molecule has 0 heterocycles. The molecule has 0 aliphatic rings. The van der Waals surface area contributed by atoms with Crippen molar-refractivity contribution >= 4 is 17.6 Å². The van der Waals surface area contributed by atoms with Crippen molar-refractivity contribution in [3.05, 3.63) is 36.4 Å². The summed E-state index contributed by atoms with van der Waals surface area (Å²) in [5, 5.41) is 3.07. The Morgan fingerprint density at radius 1 is 1.46 bits per heavy atom. The Morgan fingerprint density at radius 2 is 2.23 bits per heavy atom. The number of allylic oxidation sites excluding steroid dienone is 1. The molecule has 0 atom stereocenters. The molecule has 0 aliphatic heterocycles. The van der Waals surface area contributed by atoms with Gasteiger partial charge in [0.15, 0.2) is 0 Å². The van der Waals surface area contributed by atoms with Crippen molar-refractivity contribution in [3.63, 3.8) is 0 Å². The lowest BCUT2D eigenvalue weighted by Crippen LogP contribution is -1.87. The molecule has 0 aromatic heterocycles. The number of hydrogen-bond acceptors (Lipinski definition) is 2. The van der Waals surface area contributed by atoms with E-state index in [0.717, 1.165) is 16.9 Å². The topological polar surface area (TPSA) is 24.4 Å². The van der Waals surface area contributed by atoms with Crippen LogP contribution in [0.25, 0.3) is 0 Å². The number of anilines is 1. The van der Waals surface area contributed by atoms with Gasteiger partial charge in [0.2, 0.25) is 0 Å². The quantitative estimate of drug-likeness (QED) is 0.700. The summed E-state index contributed by atoms with van der Waals surface area (Å²) < 4.78 is 0. The minimum Gasteiger partial charge on any atom is -0.388 e. The number of hydrogen-bond donors (Lipinski definition) is 1. The lowest BCUT2D eigenvalue weighted by molar-refractivity contribution is 1.39. The third-order valence-corrected chi connectivity index (χ3v) is 1.82. The second-order valence-electron chi connectivity index (χ2n) is 2.77. The SMILES string of the molecule is C=C/C=N\c1cc(NC)ccc1C. The molecule has 1 aromatic carbocycles. The van der Waals surface area contributed by atoms with E-state index in [2.05, 4.69) is 16.9 Å². The fourth-order valence-corrected chi connectivity index (χ4v) is 1.04. The second kappa shape index (κ2) is 4.45. The summed E-state index contributed by atoms with van der Waals surface area (Å²) >= 11 is 0. The molecule has 1 rings (SSSR count). The van der Waals surface area contributed by atoms with Gasteiger partial charge in [0.1, 0.15) is 0 Å². The summed E-state index contributed by atoms with van der Waals surface area (Å²) in [6.07, 6.45) is 3.37. The number of nitrogens with zero attached hydrogens (tertiary/aromatic N) is 1. The summed E-state index contributed by atoms with van der Waals surface area (Å²) in [5.41, 5.74) is 3.21. The van der Waals surface area contributed by atoms with Crippen LogP contribution in [0.15, 0.2) is 35.8 Å². The van der Waals surface area contributed by atoms with Gasteiger partial charge in [0.05, 0.1) is 5.69 Å². The van der Waals surface area contributed by atoms with Crippen molar-refractivity contribution in [1.82, 2.24) is 0 Å². The van der Waals surface area contributed by atoms with Crippen molar-refractivity contribution in [2.75, 3.05) is 12.4 Å². The Bertz CT molecular complexity index is 327. The minimum atomic E-state index is 0.978. The van der Waals surface area contributed by atoms with Gasteiger partial charge in [0.25, 0.3) is 0 Å². The number of benzene rings is 1. The average molecular weight is 174 g/mol. The van der Waals surface area contributed by atoms with Gasteiger partial charge in [0, 0.05) is 18.9 Å². The number of rotatable bonds is 3. The van der Waals surface area contributed by atoms with Crippen LogP contribution in [0.2, 0.25) is 0 Å². The number of aliphatic imine (C=N–C) groups is 1. The van der Waals surface area contributed by atoms with Crippen LogP contribution in [0.1, 0.15) is 5.56 Å². The standard InChI is InChI=1S/C11H14N2/c1-4-7-13-11-8-10(12-3)6-5-9(11)2/h4-8,12H,1H2,2-3H3/b13-7-. The van der Waals surface area contributed by atoms with E-state index in [-0.39, 0.29) is 0 Å². The second-order valence-corrected chi connectivity index (χ2v) is 2.77. The Labute approximate surface area is 79.0 Å². The zero-order valence-corrected chi connectivity index (χ0v) is 8.04. The number of aryl methyl sites for hydroxylation is 1. The fourth-order valence-electron chi connectivity index (χ4n) is 1.04. The largest absolute Gasteiger partial charge is 0.388 e. The molecule has 13 heavy (non-hydrogen) atoms. The maximum atomic E-state index is 4.25. The lowest BCUT2D eigenvalue weighted by Gasteiger charge is -2.03. The van der Waals surface area contributed by atoms with E-state index in [1.165, 1.54) is 0 Å². The lowest BCUT2D eigenvalue weighted by atomic mass is 10.2. The van der Waals surface area contributed by atoms with E-state index in [4.69, 9.17) is 0 Å². The van der Waals surface area contributed by atoms with E-state index in [1.807, 2.05) is 32.2 Å². The highest BCUT2D eigenvalue weighted by Crippen LogP contribution is 2.22. The summed E-state index contributed by atoms with van der Waals surface area (Å²) in [6.45, 7) is 5.62. The summed E-state index contributed by atoms with van der Waals surface area (Å²) in [5.74, 6) is 0. The average Bonchev–Trinajstić information content (AvgIpc) is 2.17. The van der Waals surface area contributed by atoms with Gasteiger partial charge >= 0.3 is 0 Å². The maximum absolute atomic E-state index is 4.25. The molecular weight excluding hydrogens is 160 g/mol. The normalized spacial score (nSPS) is 10.3. The van der Waals surface area contributed by atoms with E-state index >= 15 is 0 Å². The first-order chi connectivity index (χ1) is 6.27. The summed E-state index contributed by atoms with van der Waals surface area (Å²) in [7, 11) is 1.89. The molecule has 0 bridgehead atoms. The first kappa shape index (κ1) is 9.52. The molecule has 1 N–H and O–H groups in total. The van der Waals surface area contributed by atoms with Crippen LogP contribution in [0.4, 0.5) is 11.4 Å². The maximum Gasteiger partial charge on any atom is 0.0679 e. The van der Waals surface area contributed by atoms with Gasteiger partial charge in [-0.05, 0) is 24.6 Å². The van der Waals surface area contributed by atoms with E-state index in [9.17, 15) is 0 Å². The van der Waals surface area contributed by atoms with Gasteiger partial charge in [-0.2, -0.15) is 0 Å². The van der Waals surface area contributed by atoms with Crippen LogP contribution in [-0.2, 0) is 0 Å². The predicted molar refractivity (Wildman–Crippen MR) is 59.1 cm³/mol. The Balaban J connectivity index is 3.03. The van der Waals surface area contributed by atoms with Crippen LogP contribution < -0.4 is 5.32 Å².